The molecular formula is C24H16ClFN6O2S. The van der Waals surface area contributed by atoms with Crippen LogP contribution in [-0.2, 0) is 6.54 Å². The number of nitrogens with one attached hydrogen (secondary N) is 1. The first-order valence-corrected chi connectivity index (χ1v) is 11.6. The SMILES string of the molecule is O=C(NCc1cn(-c2ccc(-n3ccccc3=O)cc2-c2ccnc(F)c2)nn1)c1ccc(Cl)s1. The van der Waals surface area contributed by atoms with E-state index in [1.54, 1.807) is 60.9 Å². The molecule has 0 saturated carbocycles. The zero-order valence-corrected chi connectivity index (χ0v) is 19.5. The molecule has 4 aromatic heterocycles. The normalized spacial score (nSPS) is 10.9. The van der Waals surface area contributed by atoms with Crippen molar-refractivity contribution >= 4 is 28.8 Å². The molecular weight excluding hydrogens is 491 g/mol. The number of pyridine rings is 2. The lowest BCUT2D eigenvalue weighted by atomic mass is 10.0. The van der Waals surface area contributed by atoms with Crippen molar-refractivity contribution in [3.05, 3.63) is 110 Å². The number of aromatic nitrogens is 5. The number of carbonyl (C=O) groups is 1. The molecule has 5 rings (SSSR count). The maximum Gasteiger partial charge on any atom is 0.261 e. The highest BCUT2D eigenvalue weighted by molar-refractivity contribution is 7.17. The third kappa shape index (κ3) is 4.88. The molecule has 1 amide bonds. The molecule has 0 fully saturated rings. The van der Waals surface area contributed by atoms with Crippen LogP contribution >= 0.6 is 22.9 Å². The topological polar surface area (TPSA) is 94.7 Å². The third-order valence-corrected chi connectivity index (χ3v) is 6.36. The minimum Gasteiger partial charge on any atom is -0.346 e. The molecule has 1 N–H and O–H groups in total. The summed E-state index contributed by atoms with van der Waals surface area (Å²) >= 11 is 7.08. The number of rotatable bonds is 6. The van der Waals surface area contributed by atoms with Gasteiger partial charge in [0.15, 0.2) is 0 Å². The summed E-state index contributed by atoms with van der Waals surface area (Å²) in [6.45, 7) is 0.158. The van der Waals surface area contributed by atoms with Gasteiger partial charge in [-0.05, 0) is 48.0 Å². The quantitative estimate of drug-likeness (QED) is 0.347. The third-order valence-electron chi connectivity index (χ3n) is 5.13. The van der Waals surface area contributed by atoms with E-state index in [4.69, 9.17) is 11.6 Å². The Morgan fingerprint density at radius 1 is 1.11 bits per heavy atom. The number of thiophene rings is 1. The Balaban J connectivity index is 1.48. The molecule has 0 spiro atoms. The molecule has 0 saturated heterocycles. The highest BCUT2D eigenvalue weighted by Gasteiger charge is 2.14. The second-order valence-electron chi connectivity index (χ2n) is 7.42. The van der Waals surface area contributed by atoms with Gasteiger partial charge in [-0.15, -0.1) is 16.4 Å². The summed E-state index contributed by atoms with van der Waals surface area (Å²) in [6, 6.07) is 16.5. The van der Waals surface area contributed by atoms with Gasteiger partial charge in [0.25, 0.3) is 11.5 Å². The van der Waals surface area contributed by atoms with Crippen LogP contribution in [0, 0.1) is 5.95 Å². The standard InChI is InChI=1S/C24H16ClFN6O2S/c25-21-7-6-20(35-21)24(34)28-13-16-14-32(30-29-16)19-5-4-17(31-10-2-1-3-23(31)33)12-18(19)15-8-9-27-22(26)11-15/h1-12,14H,13H2,(H,28,34). The Labute approximate surface area is 207 Å². The molecule has 11 heteroatoms. The summed E-state index contributed by atoms with van der Waals surface area (Å²) in [6.07, 6.45) is 4.70. The lowest BCUT2D eigenvalue weighted by molar-refractivity contribution is 0.0954. The van der Waals surface area contributed by atoms with Gasteiger partial charge in [0.05, 0.1) is 27.6 Å². The number of nitrogens with zero attached hydrogens (tertiary/aromatic N) is 5. The predicted octanol–water partition coefficient (Wildman–Crippen LogP) is 4.26. The van der Waals surface area contributed by atoms with Crippen molar-refractivity contribution in [3.63, 3.8) is 0 Å². The van der Waals surface area contributed by atoms with Gasteiger partial charge >= 0.3 is 0 Å². The Morgan fingerprint density at radius 3 is 2.77 bits per heavy atom. The van der Waals surface area contributed by atoms with Crippen LogP contribution in [0.3, 0.4) is 0 Å². The fourth-order valence-corrected chi connectivity index (χ4v) is 4.47. The number of benzene rings is 1. The average Bonchev–Trinajstić information content (AvgIpc) is 3.52. The van der Waals surface area contributed by atoms with Crippen molar-refractivity contribution in [3.8, 4) is 22.5 Å². The smallest absolute Gasteiger partial charge is 0.261 e. The van der Waals surface area contributed by atoms with Crippen LogP contribution in [0.2, 0.25) is 4.34 Å². The maximum atomic E-state index is 13.9. The molecule has 0 radical (unpaired) electrons. The van der Waals surface area contributed by atoms with Gasteiger partial charge < -0.3 is 5.32 Å². The Morgan fingerprint density at radius 2 is 2.00 bits per heavy atom. The fourth-order valence-electron chi connectivity index (χ4n) is 3.51. The summed E-state index contributed by atoms with van der Waals surface area (Å²) in [5.41, 5.74) is 2.72. The summed E-state index contributed by atoms with van der Waals surface area (Å²) in [5.74, 6) is -0.895. The average molecular weight is 507 g/mol. The molecule has 0 bridgehead atoms. The second-order valence-corrected chi connectivity index (χ2v) is 9.13. The number of hydrogen-bond acceptors (Lipinski definition) is 6. The summed E-state index contributed by atoms with van der Waals surface area (Å²) in [5, 5.41) is 11.1. The molecule has 4 heterocycles. The van der Waals surface area contributed by atoms with E-state index in [0.29, 0.717) is 37.4 Å². The largest absolute Gasteiger partial charge is 0.346 e. The zero-order chi connectivity index (χ0) is 24.4. The number of hydrogen-bond donors (Lipinski definition) is 1. The first-order chi connectivity index (χ1) is 17.0. The van der Waals surface area contributed by atoms with Gasteiger partial charge in [0, 0.05) is 35.8 Å². The van der Waals surface area contributed by atoms with E-state index in [1.165, 1.54) is 38.9 Å². The maximum absolute atomic E-state index is 13.9. The van der Waals surface area contributed by atoms with E-state index in [1.807, 2.05) is 0 Å². The molecule has 0 aliphatic rings. The van der Waals surface area contributed by atoms with Crippen LogP contribution in [0.5, 0.6) is 0 Å². The zero-order valence-electron chi connectivity index (χ0n) is 17.9. The highest BCUT2D eigenvalue weighted by atomic mass is 35.5. The van der Waals surface area contributed by atoms with E-state index in [9.17, 15) is 14.0 Å². The lowest BCUT2D eigenvalue weighted by Crippen LogP contribution is -2.21. The minimum absolute atomic E-state index is 0.158. The van der Waals surface area contributed by atoms with E-state index in [-0.39, 0.29) is 18.0 Å². The molecule has 35 heavy (non-hydrogen) atoms. The molecule has 1 aromatic carbocycles. The second kappa shape index (κ2) is 9.61. The van der Waals surface area contributed by atoms with E-state index < -0.39 is 5.95 Å². The first-order valence-electron chi connectivity index (χ1n) is 10.4. The van der Waals surface area contributed by atoms with Crippen LogP contribution in [-0.4, -0.2) is 30.5 Å². The highest BCUT2D eigenvalue weighted by Crippen LogP contribution is 2.29. The van der Waals surface area contributed by atoms with Crippen molar-refractivity contribution in [1.82, 2.24) is 29.9 Å². The van der Waals surface area contributed by atoms with Crippen molar-refractivity contribution in [2.24, 2.45) is 0 Å². The van der Waals surface area contributed by atoms with Gasteiger partial charge in [0.2, 0.25) is 5.95 Å². The first kappa shape index (κ1) is 22.6. The van der Waals surface area contributed by atoms with Gasteiger partial charge in [-0.2, -0.15) is 4.39 Å². The summed E-state index contributed by atoms with van der Waals surface area (Å²) < 4.78 is 17.5. The van der Waals surface area contributed by atoms with Gasteiger partial charge in [-0.3, -0.25) is 14.2 Å². The molecule has 0 unspecified atom stereocenters. The van der Waals surface area contributed by atoms with Crippen molar-refractivity contribution in [1.29, 1.82) is 0 Å². The van der Waals surface area contributed by atoms with Gasteiger partial charge in [-0.25, -0.2) is 9.67 Å². The predicted molar refractivity (Wildman–Crippen MR) is 131 cm³/mol. The molecule has 0 atom stereocenters. The van der Waals surface area contributed by atoms with Crippen LogP contribution in [0.25, 0.3) is 22.5 Å². The van der Waals surface area contributed by atoms with Gasteiger partial charge in [-0.1, -0.05) is 22.9 Å². The monoisotopic (exact) mass is 506 g/mol. The molecule has 0 aliphatic heterocycles. The van der Waals surface area contributed by atoms with E-state index in [2.05, 4.69) is 20.6 Å². The fraction of sp³-hybridized carbons (Fsp3) is 0.0417. The molecule has 0 aliphatic carbocycles. The number of halogens is 2. The Bertz CT molecular complexity index is 1590. The lowest BCUT2D eigenvalue weighted by Gasteiger charge is -2.13. The van der Waals surface area contributed by atoms with E-state index in [0.717, 1.165) is 0 Å². The van der Waals surface area contributed by atoms with Crippen molar-refractivity contribution in [2.75, 3.05) is 0 Å². The van der Waals surface area contributed by atoms with Crippen molar-refractivity contribution < 1.29 is 9.18 Å². The minimum atomic E-state index is -0.633. The molecule has 174 valence electrons. The van der Waals surface area contributed by atoms with Crippen LogP contribution in [0.4, 0.5) is 4.39 Å². The Hall–Kier alpha value is -4.15. The Kier molecular flexibility index (Phi) is 6.21. The van der Waals surface area contributed by atoms with Crippen LogP contribution in [0.15, 0.2) is 84.0 Å². The van der Waals surface area contributed by atoms with Crippen molar-refractivity contribution in [2.45, 2.75) is 6.54 Å². The van der Waals surface area contributed by atoms with Gasteiger partial charge in [0.1, 0.15) is 5.69 Å². The molecule has 8 nitrogen and oxygen atoms in total. The van der Waals surface area contributed by atoms with E-state index >= 15 is 0 Å². The summed E-state index contributed by atoms with van der Waals surface area (Å²) in [4.78, 5) is 28.8. The molecule has 5 aromatic rings. The van der Waals surface area contributed by atoms with Crippen LogP contribution in [0.1, 0.15) is 15.4 Å². The number of amides is 1. The van der Waals surface area contributed by atoms with Crippen LogP contribution < -0.4 is 10.9 Å². The summed E-state index contributed by atoms with van der Waals surface area (Å²) in [7, 11) is 0. The number of carbonyl (C=O) groups excluding carboxylic acids is 1.